The van der Waals surface area contributed by atoms with Crippen molar-refractivity contribution in [2.45, 2.75) is 45.1 Å². The normalized spacial score (nSPS) is 15.7. The van der Waals surface area contributed by atoms with Crippen molar-refractivity contribution in [2.75, 3.05) is 24.5 Å². The first kappa shape index (κ1) is 18.7. The highest BCUT2D eigenvalue weighted by molar-refractivity contribution is 5.93. The van der Waals surface area contributed by atoms with Crippen LogP contribution in [-0.2, 0) is 11.2 Å². The van der Waals surface area contributed by atoms with Crippen molar-refractivity contribution in [3.05, 3.63) is 66.2 Å². The lowest BCUT2D eigenvalue weighted by molar-refractivity contribution is -0.119. The summed E-state index contributed by atoms with van der Waals surface area (Å²) in [4.78, 5) is 17.1. The lowest BCUT2D eigenvalue weighted by atomic mass is 10.0. The highest BCUT2D eigenvalue weighted by Gasteiger charge is 2.28. The lowest BCUT2D eigenvalue weighted by Gasteiger charge is -2.38. The van der Waals surface area contributed by atoms with Gasteiger partial charge in [-0.3, -0.25) is 4.79 Å². The van der Waals surface area contributed by atoms with Gasteiger partial charge in [0.15, 0.2) is 0 Å². The molecule has 0 atom stereocenters. The Bertz CT molecular complexity index is 663. The molecule has 26 heavy (non-hydrogen) atoms. The molecule has 1 aliphatic heterocycles. The first-order valence-corrected chi connectivity index (χ1v) is 9.91. The second-order valence-electron chi connectivity index (χ2n) is 7.11. The number of rotatable bonds is 7. The Hall–Kier alpha value is -2.13. The molecule has 1 aliphatic rings. The van der Waals surface area contributed by atoms with E-state index in [-0.39, 0.29) is 5.91 Å². The average molecular weight is 351 g/mol. The van der Waals surface area contributed by atoms with Crippen LogP contribution in [0.4, 0.5) is 5.69 Å². The van der Waals surface area contributed by atoms with Crippen molar-refractivity contribution in [3.8, 4) is 0 Å². The summed E-state index contributed by atoms with van der Waals surface area (Å²) in [5.41, 5.74) is 2.47. The standard InChI is InChI=1S/C23H30N2O/c1-2-23(26)25(21-13-7-4-8-14-21)22-15-18-24(19-16-22)17-9-12-20-10-5-3-6-11-20/h3-8,10-11,13-14,22H,2,9,12,15-19H2,1H3. The predicted molar refractivity (Wildman–Crippen MR) is 108 cm³/mol. The minimum absolute atomic E-state index is 0.235. The molecule has 0 bridgehead atoms. The monoisotopic (exact) mass is 350 g/mol. The largest absolute Gasteiger partial charge is 0.309 e. The Kier molecular flexibility index (Phi) is 6.84. The topological polar surface area (TPSA) is 23.6 Å². The molecule has 1 amide bonds. The fourth-order valence-corrected chi connectivity index (χ4v) is 3.87. The summed E-state index contributed by atoms with van der Waals surface area (Å²) >= 11 is 0. The number of para-hydroxylation sites is 1. The molecule has 2 aromatic carbocycles. The number of hydrogen-bond acceptors (Lipinski definition) is 2. The summed E-state index contributed by atoms with van der Waals surface area (Å²) in [5, 5.41) is 0. The van der Waals surface area contributed by atoms with Gasteiger partial charge >= 0.3 is 0 Å². The van der Waals surface area contributed by atoms with Gasteiger partial charge in [-0.15, -0.1) is 0 Å². The number of nitrogens with zero attached hydrogens (tertiary/aromatic N) is 2. The molecule has 1 heterocycles. The number of carbonyl (C=O) groups is 1. The number of likely N-dealkylation sites (tertiary alicyclic amines) is 1. The van der Waals surface area contributed by atoms with E-state index < -0.39 is 0 Å². The Labute approximate surface area is 157 Å². The van der Waals surface area contributed by atoms with Gasteiger partial charge in [-0.1, -0.05) is 55.5 Å². The van der Waals surface area contributed by atoms with Crippen LogP contribution in [0.25, 0.3) is 0 Å². The molecule has 3 heteroatoms. The molecule has 0 N–H and O–H groups in total. The van der Waals surface area contributed by atoms with Gasteiger partial charge in [0.05, 0.1) is 0 Å². The van der Waals surface area contributed by atoms with E-state index in [0.29, 0.717) is 12.5 Å². The second-order valence-corrected chi connectivity index (χ2v) is 7.11. The molecular formula is C23H30N2O. The van der Waals surface area contributed by atoms with E-state index in [2.05, 4.69) is 47.4 Å². The molecule has 2 aromatic rings. The average Bonchev–Trinajstić information content (AvgIpc) is 2.71. The zero-order valence-corrected chi connectivity index (χ0v) is 15.8. The molecular weight excluding hydrogens is 320 g/mol. The maximum atomic E-state index is 12.5. The van der Waals surface area contributed by atoms with E-state index in [0.717, 1.165) is 44.6 Å². The summed E-state index contributed by atoms with van der Waals surface area (Å²) < 4.78 is 0. The van der Waals surface area contributed by atoms with Crippen LogP contribution in [0.15, 0.2) is 60.7 Å². The van der Waals surface area contributed by atoms with Crippen LogP contribution in [-0.4, -0.2) is 36.5 Å². The Morgan fingerprint density at radius 2 is 1.62 bits per heavy atom. The van der Waals surface area contributed by atoms with Gasteiger partial charge in [0.1, 0.15) is 0 Å². The van der Waals surface area contributed by atoms with Crippen molar-refractivity contribution >= 4 is 11.6 Å². The zero-order valence-electron chi connectivity index (χ0n) is 15.8. The van der Waals surface area contributed by atoms with Gasteiger partial charge in [-0.2, -0.15) is 0 Å². The summed E-state index contributed by atoms with van der Waals surface area (Å²) in [7, 11) is 0. The fourth-order valence-electron chi connectivity index (χ4n) is 3.87. The summed E-state index contributed by atoms with van der Waals surface area (Å²) in [6.07, 6.45) is 5.03. The van der Waals surface area contributed by atoms with Crippen LogP contribution in [0, 0.1) is 0 Å². The molecule has 0 spiro atoms. The van der Waals surface area contributed by atoms with Crippen molar-refractivity contribution < 1.29 is 4.79 Å². The van der Waals surface area contributed by atoms with E-state index in [9.17, 15) is 4.79 Å². The van der Waals surface area contributed by atoms with E-state index in [1.165, 1.54) is 12.0 Å². The molecule has 0 aromatic heterocycles. The van der Waals surface area contributed by atoms with Gasteiger partial charge in [0, 0.05) is 31.2 Å². The minimum Gasteiger partial charge on any atom is -0.309 e. The van der Waals surface area contributed by atoms with E-state index in [1.807, 2.05) is 30.0 Å². The molecule has 0 aliphatic carbocycles. The van der Waals surface area contributed by atoms with Gasteiger partial charge in [0.2, 0.25) is 5.91 Å². The molecule has 0 radical (unpaired) electrons. The third-order valence-corrected chi connectivity index (χ3v) is 5.31. The predicted octanol–water partition coefficient (Wildman–Crippen LogP) is 4.53. The third kappa shape index (κ3) is 4.95. The third-order valence-electron chi connectivity index (χ3n) is 5.31. The van der Waals surface area contributed by atoms with Crippen LogP contribution in [0.1, 0.15) is 38.2 Å². The SMILES string of the molecule is CCC(=O)N(c1ccccc1)C1CCN(CCCc2ccccc2)CC1. The number of carbonyl (C=O) groups excluding carboxylic acids is 1. The number of aryl methyl sites for hydroxylation is 1. The molecule has 3 rings (SSSR count). The summed E-state index contributed by atoms with van der Waals surface area (Å²) in [5.74, 6) is 0.235. The highest BCUT2D eigenvalue weighted by atomic mass is 16.2. The van der Waals surface area contributed by atoms with Crippen molar-refractivity contribution in [3.63, 3.8) is 0 Å². The van der Waals surface area contributed by atoms with Crippen molar-refractivity contribution in [1.29, 1.82) is 0 Å². The van der Waals surface area contributed by atoms with Crippen molar-refractivity contribution in [1.82, 2.24) is 4.90 Å². The Morgan fingerprint density at radius 3 is 2.23 bits per heavy atom. The number of anilines is 1. The van der Waals surface area contributed by atoms with Gasteiger partial charge in [-0.25, -0.2) is 0 Å². The van der Waals surface area contributed by atoms with Crippen LogP contribution < -0.4 is 4.90 Å². The molecule has 0 saturated carbocycles. The lowest BCUT2D eigenvalue weighted by Crippen LogP contribution is -2.47. The quantitative estimate of drug-likeness (QED) is 0.732. The van der Waals surface area contributed by atoms with Crippen LogP contribution in [0.3, 0.4) is 0 Å². The molecule has 1 fully saturated rings. The van der Waals surface area contributed by atoms with E-state index >= 15 is 0 Å². The molecule has 138 valence electrons. The fraction of sp³-hybridized carbons (Fsp3) is 0.435. The highest BCUT2D eigenvalue weighted by Crippen LogP contribution is 2.24. The summed E-state index contributed by atoms with van der Waals surface area (Å²) in [6, 6.07) is 21.2. The summed E-state index contributed by atoms with van der Waals surface area (Å²) in [6.45, 7) is 5.27. The zero-order chi connectivity index (χ0) is 18.2. The number of piperidine rings is 1. The maximum Gasteiger partial charge on any atom is 0.226 e. The second kappa shape index (κ2) is 9.54. The first-order valence-electron chi connectivity index (χ1n) is 9.91. The van der Waals surface area contributed by atoms with Gasteiger partial charge in [0.25, 0.3) is 0 Å². The molecule has 3 nitrogen and oxygen atoms in total. The number of hydrogen-bond donors (Lipinski definition) is 0. The first-order chi connectivity index (χ1) is 12.8. The molecule has 1 saturated heterocycles. The number of benzene rings is 2. The van der Waals surface area contributed by atoms with Gasteiger partial charge in [-0.05, 0) is 49.9 Å². The van der Waals surface area contributed by atoms with Crippen LogP contribution in [0.5, 0.6) is 0 Å². The van der Waals surface area contributed by atoms with E-state index in [1.54, 1.807) is 0 Å². The van der Waals surface area contributed by atoms with E-state index in [4.69, 9.17) is 0 Å². The Morgan fingerprint density at radius 1 is 1.00 bits per heavy atom. The maximum absolute atomic E-state index is 12.5. The molecule has 0 unspecified atom stereocenters. The minimum atomic E-state index is 0.235. The Balaban J connectivity index is 1.50. The van der Waals surface area contributed by atoms with Crippen molar-refractivity contribution in [2.24, 2.45) is 0 Å². The smallest absolute Gasteiger partial charge is 0.226 e. The van der Waals surface area contributed by atoms with Crippen LogP contribution >= 0.6 is 0 Å². The number of amides is 1. The van der Waals surface area contributed by atoms with Gasteiger partial charge < -0.3 is 9.80 Å². The van der Waals surface area contributed by atoms with Crippen LogP contribution in [0.2, 0.25) is 0 Å².